The van der Waals surface area contributed by atoms with Crippen LogP contribution < -0.4 is 15.0 Å². The minimum atomic E-state index is -0.382. The molecule has 0 amide bonds. The van der Waals surface area contributed by atoms with E-state index >= 15 is 0 Å². The first-order chi connectivity index (χ1) is 16.2. The zero-order valence-corrected chi connectivity index (χ0v) is 19.1. The van der Waals surface area contributed by atoms with E-state index in [4.69, 9.17) is 4.74 Å². The molecule has 0 saturated carbocycles. The SMILES string of the molecule is CCc1cc(C/C(=N/O)c2ccc(F)c(-c3ccccc3)c2OC)ccc1N1CCNCC1. The lowest BCUT2D eigenvalue weighted by atomic mass is 9.94. The molecule has 1 aliphatic rings. The van der Waals surface area contributed by atoms with Gasteiger partial charge in [-0.15, -0.1) is 0 Å². The van der Waals surface area contributed by atoms with Gasteiger partial charge in [-0.2, -0.15) is 0 Å². The standard InChI is InChI=1S/C27H30FN3O2/c1-3-20-17-19(9-12-25(20)31-15-13-29-14-16-31)18-24(30-32)22-10-11-23(28)26(27(22)33-2)21-7-5-4-6-8-21/h4-12,17,29,32H,3,13-16,18H2,1-2H3/b30-24-. The highest BCUT2D eigenvalue weighted by Crippen LogP contribution is 2.36. The summed E-state index contributed by atoms with van der Waals surface area (Å²) in [4.78, 5) is 2.41. The molecular formula is C27H30FN3O2. The van der Waals surface area contributed by atoms with Crippen LogP contribution in [-0.2, 0) is 12.8 Å². The van der Waals surface area contributed by atoms with Crippen molar-refractivity contribution in [2.24, 2.45) is 5.16 Å². The van der Waals surface area contributed by atoms with Gasteiger partial charge in [-0.3, -0.25) is 0 Å². The van der Waals surface area contributed by atoms with E-state index in [1.54, 1.807) is 6.07 Å². The molecule has 0 atom stereocenters. The normalized spacial score (nSPS) is 14.4. The van der Waals surface area contributed by atoms with Gasteiger partial charge < -0.3 is 20.2 Å². The van der Waals surface area contributed by atoms with Crippen molar-refractivity contribution in [1.29, 1.82) is 0 Å². The maximum Gasteiger partial charge on any atom is 0.138 e. The van der Waals surface area contributed by atoms with Crippen LogP contribution >= 0.6 is 0 Å². The highest BCUT2D eigenvalue weighted by atomic mass is 19.1. The maximum absolute atomic E-state index is 14.8. The summed E-state index contributed by atoms with van der Waals surface area (Å²) in [5.41, 5.74) is 5.63. The lowest BCUT2D eigenvalue weighted by molar-refractivity contribution is 0.318. The number of rotatable bonds is 7. The lowest BCUT2D eigenvalue weighted by Crippen LogP contribution is -2.43. The van der Waals surface area contributed by atoms with Crippen LogP contribution in [0.2, 0.25) is 0 Å². The topological polar surface area (TPSA) is 57.1 Å². The monoisotopic (exact) mass is 447 g/mol. The van der Waals surface area contributed by atoms with Crippen molar-refractivity contribution in [3.05, 3.63) is 83.2 Å². The van der Waals surface area contributed by atoms with Crippen LogP contribution in [0.4, 0.5) is 10.1 Å². The summed E-state index contributed by atoms with van der Waals surface area (Å²) in [6, 6.07) is 18.7. The van der Waals surface area contributed by atoms with Gasteiger partial charge in [-0.05, 0) is 41.3 Å². The molecule has 0 bridgehead atoms. The minimum absolute atomic E-state index is 0.361. The smallest absolute Gasteiger partial charge is 0.138 e. The number of ether oxygens (including phenoxy) is 1. The Bertz CT molecular complexity index is 1130. The summed E-state index contributed by atoms with van der Waals surface area (Å²) in [6.07, 6.45) is 1.32. The molecule has 33 heavy (non-hydrogen) atoms. The van der Waals surface area contributed by atoms with Crippen LogP contribution in [0.15, 0.2) is 65.8 Å². The number of hydrogen-bond donors (Lipinski definition) is 2. The number of anilines is 1. The van der Waals surface area contributed by atoms with Crippen molar-refractivity contribution in [3.8, 4) is 16.9 Å². The van der Waals surface area contributed by atoms with Gasteiger partial charge in [0, 0.05) is 43.9 Å². The average molecular weight is 448 g/mol. The van der Waals surface area contributed by atoms with E-state index in [1.165, 1.54) is 24.4 Å². The second-order valence-electron chi connectivity index (χ2n) is 8.15. The van der Waals surface area contributed by atoms with Gasteiger partial charge in [-0.25, -0.2) is 4.39 Å². The summed E-state index contributed by atoms with van der Waals surface area (Å²) >= 11 is 0. The number of benzene rings is 3. The molecule has 1 aliphatic heterocycles. The van der Waals surface area contributed by atoms with Gasteiger partial charge in [0.2, 0.25) is 0 Å². The van der Waals surface area contributed by atoms with Crippen LogP contribution in [0.1, 0.15) is 23.6 Å². The summed E-state index contributed by atoms with van der Waals surface area (Å²) in [5, 5.41) is 16.9. The third-order valence-electron chi connectivity index (χ3n) is 6.16. The highest BCUT2D eigenvalue weighted by molar-refractivity contribution is 6.05. The third-order valence-corrected chi connectivity index (χ3v) is 6.16. The fourth-order valence-electron chi connectivity index (χ4n) is 4.50. The van der Waals surface area contributed by atoms with E-state index in [2.05, 4.69) is 40.5 Å². The number of nitrogens with one attached hydrogen (secondary N) is 1. The van der Waals surface area contributed by atoms with Crippen LogP contribution in [0.5, 0.6) is 5.75 Å². The van der Waals surface area contributed by atoms with Gasteiger partial charge in [0.1, 0.15) is 11.6 Å². The van der Waals surface area contributed by atoms with Crippen molar-refractivity contribution in [2.75, 3.05) is 38.2 Å². The first-order valence-corrected chi connectivity index (χ1v) is 11.4. The fraction of sp³-hybridized carbons (Fsp3) is 0.296. The van der Waals surface area contributed by atoms with E-state index < -0.39 is 0 Å². The Morgan fingerprint density at radius 2 is 1.85 bits per heavy atom. The molecule has 3 aromatic rings. The van der Waals surface area contributed by atoms with Crippen molar-refractivity contribution in [1.82, 2.24) is 5.32 Å². The largest absolute Gasteiger partial charge is 0.495 e. The molecule has 4 rings (SSSR count). The molecule has 5 nitrogen and oxygen atoms in total. The van der Waals surface area contributed by atoms with Crippen LogP contribution in [-0.4, -0.2) is 44.2 Å². The van der Waals surface area contributed by atoms with Crippen LogP contribution in [0.25, 0.3) is 11.1 Å². The van der Waals surface area contributed by atoms with Crippen molar-refractivity contribution < 1.29 is 14.3 Å². The fourth-order valence-corrected chi connectivity index (χ4v) is 4.50. The molecule has 0 spiro atoms. The summed E-state index contributed by atoms with van der Waals surface area (Å²) in [6.45, 7) is 6.11. The molecule has 1 saturated heterocycles. The Kier molecular flexibility index (Phi) is 7.25. The predicted molar refractivity (Wildman–Crippen MR) is 131 cm³/mol. The molecular weight excluding hydrogens is 417 g/mol. The zero-order valence-electron chi connectivity index (χ0n) is 19.1. The van der Waals surface area contributed by atoms with Gasteiger partial charge in [-0.1, -0.05) is 54.5 Å². The average Bonchev–Trinajstić information content (AvgIpc) is 2.88. The van der Waals surface area contributed by atoms with E-state index in [9.17, 15) is 9.60 Å². The molecule has 1 heterocycles. The molecule has 0 unspecified atom stereocenters. The number of hydrogen-bond acceptors (Lipinski definition) is 5. The van der Waals surface area contributed by atoms with E-state index in [0.717, 1.165) is 38.2 Å². The Labute approximate surface area is 194 Å². The molecule has 0 aliphatic carbocycles. The van der Waals surface area contributed by atoms with Crippen molar-refractivity contribution in [3.63, 3.8) is 0 Å². The summed E-state index contributed by atoms with van der Waals surface area (Å²) in [5.74, 6) is -0.0186. The van der Waals surface area contributed by atoms with Crippen molar-refractivity contribution >= 4 is 11.4 Å². The van der Waals surface area contributed by atoms with E-state index in [0.29, 0.717) is 34.6 Å². The number of oxime groups is 1. The Morgan fingerprint density at radius 3 is 2.52 bits per heavy atom. The molecule has 172 valence electrons. The molecule has 0 radical (unpaired) electrons. The van der Waals surface area contributed by atoms with Crippen molar-refractivity contribution in [2.45, 2.75) is 19.8 Å². The Morgan fingerprint density at radius 1 is 1.09 bits per heavy atom. The molecule has 1 fully saturated rings. The molecule has 2 N–H and O–H groups in total. The number of aryl methyl sites for hydroxylation is 1. The summed E-state index contributed by atoms with van der Waals surface area (Å²) < 4.78 is 20.5. The van der Waals surface area contributed by atoms with Gasteiger partial charge >= 0.3 is 0 Å². The number of nitrogens with zero attached hydrogens (tertiary/aromatic N) is 2. The second-order valence-corrected chi connectivity index (χ2v) is 8.15. The quantitative estimate of drug-likeness (QED) is 0.308. The highest BCUT2D eigenvalue weighted by Gasteiger charge is 2.21. The molecule has 0 aromatic heterocycles. The number of piperazine rings is 1. The molecule has 6 heteroatoms. The van der Waals surface area contributed by atoms with E-state index in [1.807, 2.05) is 30.3 Å². The zero-order chi connectivity index (χ0) is 23.2. The van der Waals surface area contributed by atoms with Crippen LogP contribution in [0.3, 0.4) is 0 Å². The number of methoxy groups -OCH3 is 1. The summed E-state index contributed by atoms with van der Waals surface area (Å²) in [7, 11) is 1.51. The minimum Gasteiger partial charge on any atom is -0.495 e. The second kappa shape index (κ2) is 10.5. The maximum atomic E-state index is 14.8. The lowest BCUT2D eigenvalue weighted by Gasteiger charge is -2.31. The number of halogens is 1. The van der Waals surface area contributed by atoms with Gasteiger partial charge in [0.15, 0.2) is 0 Å². The predicted octanol–water partition coefficient (Wildman–Crippen LogP) is 4.89. The van der Waals surface area contributed by atoms with Crippen LogP contribution in [0, 0.1) is 5.82 Å². The first-order valence-electron chi connectivity index (χ1n) is 11.4. The third kappa shape index (κ3) is 4.86. The van der Waals surface area contributed by atoms with Gasteiger partial charge in [0.05, 0.1) is 18.4 Å². The Hall–Kier alpha value is -3.38. The molecule has 3 aromatic carbocycles. The van der Waals surface area contributed by atoms with E-state index in [-0.39, 0.29) is 5.82 Å². The Balaban J connectivity index is 1.68. The first kappa shape index (κ1) is 22.8. The van der Waals surface area contributed by atoms with Gasteiger partial charge in [0.25, 0.3) is 0 Å².